The highest BCUT2D eigenvalue weighted by molar-refractivity contribution is 6.10. The Morgan fingerprint density at radius 2 is 1.13 bits per heavy atom. The summed E-state index contributed by atoms with van der Waals surface area (Å²) in [6, 6.07) is 38.6. The second-order valence-corrected chi connectivity index (χ2v) is 7.70. The van der Waals surface area contributed by atoms with E-state index < -0.39 is 0 Å². The molecule has 142 valence electrons. The summed E-state index contributed by atoms with van der Waals surface area (Å²) < 4.78 is 2.39. The van der Waals surface area contributed by atoms with Crippen LogP contribution in [0.5, 0.6) is 0 Å². The summed E-state index contributed by atoms with van der Waals surface area (Å²) in [5, 5.41) is 5.02. The molecule has 0 saturated heterocycles. The molecule has 0 aliphatic heterocycles. The van der Waals surface area contributed by atoms with Gasteiger partial charge in [-0.1, -0.05) is 72.8 Å². The van der Waals surface area contributed by atoms with Gasteiger partial charge in [-0.15, -0.1) is 0 Å². The van der Waals surface area contributed by atoms with Gasteiger partial charge in [0.15, 0.2) is 0 Å². The van der Waals surface area contributed by atoms with Crippen LogP contribution in [-0.2, 0) is 0 Å². The fraction of sp³-hybridized carbons (Fsp3) is 0. The van der Waals surface area contributed by atoms with Crippen LogP contribution in [0.15, 0.2) is 109 Å². The van der Waals surface area contributed by atoms with Gasteiger partial charge in [0.2, 0.25) is 0 Å². The minimum Gasteiger partial charge on any atom is -0.399 e. The molecule has 1 aromatic heterocycles. The van der Waals surface area contributed by atoms with Crippen molar-refractivity contribution in [2.75, 3.05) is 5.73 Å². The standard InChI is InChI=1S/C28H20N2/c29-22-16-14-19(15-17-22)21-13-12-20-6-5-11-28(25(20)18-21)30-26-9-3-1-7-23(26)24-8-2-4-10-27(24)30/h1-18H,29H2. The molecular weight excluding hydrogens is 364 g/mol. The van der Waals surface area contributed by atoms with Crippen LogP contribution < -0.4 is 5.73 Å². The normalized spacial score (nSPS) is 11.5. The first-order valence-electron chi connectivity index (χ1n) is 10.2. The van der Waals surface area contributed by atoms with Gasteiger partial charge in [0, 0.05) is 21.8 Å². The number of aromatic nitrogens is 1. The zero-order chi connectivity index (χ0) is 20.1. The Bertz CT molecular complexity index is 1490. The molecule has 0 aliphatic carbocycles. The van der Waals surface area contributed by atoms with Crippen LogP contribution in [0.3, 0.4) is 0 Å². The summed E-state index contributed by atoms with van der Waals surface area (Å²) in [5.41, 5.74) is 12.7. The van der Waals surface area contributed by atoms with Crippen LogP contribution in [-0.4, -0.2) is 4.57 Å². The number of nitrogen functional groups attached to an aromatic ring is 1. The molecule has 0 unspecified atom stereocenters. The highest BCUT2D eigenvalue weighted by Gasteiger charge is 2.13. The Morgan fingerprint density at radius 1 is 0.500 bits per heavy atom. The first kappa shape index (κ1) is 16.9. The van der Waals surface area contributed by atoms with E-state index in [0.29, 0.717) is 0 Å². The molecule has 0 saturated carbocycles. The molecule has 2 N–H and O–H groups in total. The summed E-state index contributed by atoms with van der Waals surface area (Å²) in [6.07, 6.45) is 0. The first-order chi connectivity index (χ1) is 14.8. The molecule has 6 aromatic rings. The van der Waals surface area contributed by atoms with Crippen molar-refractivity contribution < 1.29 is 0 Å². The maximum Gasteiger partial charge on any atom is 0.0541 e. The van der Waals surface area contributed by atoms with Crippen LogP contribution in [0.25, 0.3) is 49.4 Å². The lowest BCUT2D eigenvalue weighted by Crippen LogP contribution is -1.95. The number of para-hydroxylation sites is 2. The van der Waals surface area contributed by atoms with E-state index in [9.17, 15) is 0 Å². The molecule has 0 bridgehead atoms. The van der Waals surface area contributed by atoms with Crippen molar-refractivity contribution in [3.05, 3.63) is 109 Å². The predicted molar refractivity (Wildman–Crippen MR) is 128 cm³/mol. The van der Waals surface area contributed by atoms with Gasteiger partial charge in [0.05, 0.1) is 16.7 Å². The van der Waals surface area contributed by atoms with Crippen molar-refractivity contribution in [1.82, 2.24) is 4.57 Å². The summed E-state index contributed by atoms with van der Waals surface area (Å²) in [6.45, 7) is 0. The second-order valence-electron chi connectivity index (χ2n) is 7.70. The second kappa shape index (κ2) is 6.50. The quantitative estimate of drug-likeness (QED) is 0.315. The van der Waals surface area contributed by atoms with Crippen molar-refractivity contribution in [3.8, 4) is 16.8 Å². The van der Waals surface area contributed by atoms with Crippen molar-refractivity contribution in [2.24, 2.45) is 0 Å². The van der Waals surface area contributed by atoms with E-state index in [0.717, 1.165) is 5.69 Å². The number of benzene rings is 5. The van der Waals surface area contributed by atoms with Gasteiger partial charge in [-0.05, 0) is 52.9 Å². The highest BCUT2D eigenvalue weighted by Crippen LogP contribution is 2.35. The predicted octanol–water partition coefficient (Wildman–Crippen LogP) is 7.19. The summed E-state index contributed by atoms with van der Waals surface area (Å²) in [5.74, 6) is 0. The molecule has 0 atom stereocenters. The maximum atomic E-state index is 5.89. The Morgan fingerprint density at radius 3 is 1.83 bits per heavy atom. The van der Waals surface area contributed by atoms with Crippen molar-refractivity contribution in [3.63, 3.8) is 0 Å². The van der Waals surface area contributed by atoms with Crippen molar-refractivity contribution >= 4 is 38.3 Å². The van der Waals surface area contributed by atoms with Gasteiger partial charge >= 0.3 is 0 Å². The van der Waals surface area contributed by atoms with Gasteiger partial charge < -0.3 is 10.3 Å². The highest BCUT2D eigenvalue weighted by atomic mass is 15.0. The zero-order valence-electron chi connectivity index (χ0n) is 16.4. The molecule has 6 rings (SSSR count). The SMILES string of the molecule is Nc1ccc(-c2ccc3cccc(-n4c5ccccc5c5ccccc54)c3c2)cc1. The smallest absolute Gasteiger partial charge is 0.0541 e. The lowest BCUT2D eigenvalue weighted by molar-refractivity contribution is 1.20. The van der Waals surface area contributed by atoms with E-state index in [1.54, 1.807) is 0 Å². The molecule has 0 radical (unpaired) electrons. The zero-order valence-corrected chi connectivity index (χ0v) is 16.4. The minimum atomic E-state index is 0.783. The van der Waals surface area contributed by atoms with Gasteiger partial charge in [-0.3, -0.25) is 0 Å². The maximum absolute atomic E-state index is 5.89. The number of nitrogens with zero attached hydrogens (tertiary/aromatic N) is 1. The van der Waals surface area contributed by atoms with E-state index in [-0.39, 0.29) is 0 Å². The Kier molecular flexibility index (Phi) is 3.65. The molecule has 0 spiro atoms. The average molecular weight is 384 g/mol. The largest absolute Gasteiger partial charge is 0.399 e. The third-order valence-corrected chi connectivity index (χ3v) is 5.92. The Labute approximate surface area is 174 Å². The van der Waals surface area contributed by atoms with Crippen LogP contribution in [0.2, 0.25) is 0 Å². The van der Waals surface area contributed by atoms with Gasteiger partial charge in [-0.25, -0.2) is 0 Å². The number of hydrogen-bond acceptors (Lipinski definition) is 1. The number of rotatable bonds is 2. The molecular formula is C28H20N2. The van der Waals surface area contributed by atoms with Crippen molar-refractivity contribution in [1.29, 1.82) is 0 Å². The molecule has 2 heteroatoms. The van der Waals surface area contributed by atoms with E-state index in [1.807, 2.05) is 12.1 Å². The summed E-state index contributed by atoms with van der Waals surface area (Å²) in [7, 11) is 0. The molecule has 0 fully saturated rings. The minimum absolute atomic E-state index is 0.783. The van der Waals surface area contributed by atoms with Crippen LogP contribution in [0.1, 0.15) is 0 Å². The van der Waals surface area contributed by atoms with E-state index in [4.69, 9.17) is 5.73 Å². The lowest BCUT2D eigenvalue weighted by atomic mass is 10.00. The third-order valence-electron chi connectivity index (χ3n) is 5.92. The molecule has 2 nitrogen and oxygen atoms in total. The molecule has 0 aliphatic rings. The Balaban J connectivity index is 1.69. The number of fused-ring (bicyclic) bond motifs is 4. The van der Waals surface area contributed by atoms with Crippen molar-refractivity contribution in [2.45, 2.75) is 0 Å². The molecule has 30 heavy (non-hydrogen) atoms. The van der Waals surface area contributed by atoms with Crippen LogP contribution >= 0.6 is 0 Å². The molecule has 1 heterocycles. The van der Waals surface area contributed by atoms with Crippen LogP contribution in [0, 0.1) is 0 Å². The Hall–Kier alpha value is -4.04. The third kappa shape index (κ3) is 2.51. The van der Waals surface area contributed by atoms with Gasteiger partial charge in [0.25, 0.3) is 0 Å². The van der Waals surface area contributed by atoms with Gasteiger partial charge in [0.1, 0.15) is 0 Å². The van der Waals surface area contributed by atoms with Gasteiger partial charge in [-0.2, -0.15) is 0 Å². The first-order valence-corrected chi connectivity index (χ1v) is 10.2. The lowest BCUT2D eigenvalue weighted by Gasteiger charge is -2.13. The summed E-state index contributed by atoms with van der Waals surface area (Å²) >= 11 is 0. The topological polar surface area (TPSA) is 30.9 Å². The number of hydrogen-bond donors (Lipinski definition) is 1. The number of nitrogens with two attached hydrogens (primary N) is 1. The fourth-order valence-corrected chi connectivity index (χ4v) is 4.49. The number of anilines is 1. The average Bonchev–Trinajstić information content (AvgIpc) is 3.13. The van der Waals surface area contributed by atoms with E-state index in [1.165, 1.54) is 49.4 Å². The van der Waals surface area contributed by atoms with Crippen LogP contribution in [0.4, 0.5) is 5.69 Å². The monoisotopic (exact) mass is 384 g/mol. The summed E-state index contributed by atoms with van der Waals surface area (Å²) in [4.78, 5) is 0. The molecule has 5 aromatic carbocycles. The van der Waals surface area contributed by atoms with E-state index >= 15 is 0 Å². The fourth-order valence-electron chi connectivity index (χ4n) is 4.49. The molecule has 0 amide bonds. The van der Waals surface area contributed by atoms with E-state index in [2.05, 4.69) is 102 Å².